The molecule has 2 amide bonds. The lowest BCUT2D eigenvalue weighted by atomic mass is 10.0. The van der Waals surface area contributed by atoms with Crippen molar-refractivity contribution in [2.45, 2.75) is 65.0 Å². The van der Waals surface area contributed by atoms with Crippen molar-refractivity contribution in [1.82, 2.24) is 10.2 Å². The molecule has 38 heavy (non-hydrogen) atoms. The van der Waals surface area contributed by atoms with E-state index < -0.39 is 21.6 Å². The highest BCUT2D eigenvalue weighted by molar-refractivity contribution is 7.92. The molecule has 0 bridgehead atoms. The first-order valence-corrected chi connectivity index (χ1v) is 14.8. The van der Waals surface area contributed by atoms with Gasteiger partial charge in [0.1, 0.15) is 6.04 Å². The van der Waals surface area contributed by atoms with Crippen molar-refractivity contribution in [3.05, 3.63) is 54.1 Å². The van der Waals surface area contributed by atoms with Gasteiger partial charge in [-0.1, -0.05) is 37.3 Å². The molecule has 1 aliphatic rings. The zero-order valence-corrected chi connectivity index (χ0v) is 23.7. The summed E-state index contributed by atoms with van der Waals surface area (Å²) in [5.74, 6) is 0.663. The monoisotopic (exact) mass is 545 g/mol. The number of carbonyl (C=O) groups is 2. The second-order valence-electron chi connectivity index (χ2n) is 10.5. The standard InChI is InChI=1S/C28H39N3O6S/c1-6-23(27(33)29-28(2,3)4)30(18-16-21-11-8-7-9-12-21)26(32)13-10-17-31(38(5,34)35)22-14-15-24-25(19-22)37-20-36-24/h7-9,11-12,14-15,19,23H,6,10,13,16-18,20H2,1-5H3,(H,29,33)/t23-/m1/s1. The molecule has 2 aromatic carbocycles. The summed E-state index contributed by atoms with van der Waals surface area (Å²) >= 11 is 0. The average Bonchev–Trinajstić information content (AvgIpc) is 3.31. The Kier molecular flexibility index (Phi) is 9.65. The minimum Gasteiger partial charge on any atom is -0.454 e. The number of sulfonamides is 1. The first-order valence-electron chi connectivity index (χ1n) is 12.9. The molecule has 9 nitrogen and oxygen atoms in total. The van der Waals surface area contributed by atoms with Crippen LogP contribution in [0.15, 0.2) is 48.5 Å². The Bertz CT molecular complexity index is 1210. The van der Waals surface area contributed by atoms with Crippen molar-refractivity contribution in [2.24, 2.45) is 0 Å². The normalized spacial score (nSPS) is 13.6. The fourth-order valence-corrected chi connectivity index (χ4v) is 5.35. The summed E-state index contributed by atoms with van der Waals surface area (Å²) in [5, 5.41) is 3.00. The van der Waals surface area contributed by atoms with Gasteiger partial charge in [0.15, 0.2) is 11.5 Å². The van der Waals surface area contributed by atoms with Gasteiger partial charge in [-0.3, -0.25) is 13.9 Å². The Labute approximate surface area is 226 Å². The second kappa shape index (κ2) is 12.5. The molecule has 0 fully saturated rings. The highest BCUT2D eigenvalue weighted by Crippen LogP contribution is 2.36. The molecule has 0 unspecified atom stereocenters. The summed E-state index contributed by atoms with van der Waals surface area (Å²) in [4.78, 5) is 28.3. The minimum absolute atomic E-state index is 0.0896. The summed E-state index contributed by atoms with van der Waals surface area (Å²) in [7, 11) is -3.61. The molecular weight excluding hydrogens is 506 g/mol. The van der Waals surface area contributed by atoms with Crippen LogP contribution in [0.3, 0.4) is 0 Å². The number of nitrogens with zero attached hydrogens (tertiary/aromatic N) is 2. The molecule has 0 aliphatic carbocycles. The van der Waals surface area contributed by atoms with Crippen LogP contribution >= 0.6 is 0 Å². The average molecular weight is 546 g/mol. The molecule has 2 aromatic rings. The van der Waals surface area contributed by atoms with E-state index in [1.165, 1.54) is 4.31 Å². The molecule has 0 saturated heterocycles. The number of ether oxygens (including phenoxy) is 2. The lowest BCUT2D eigenvalue weighted by molar-refractivity contribution is -0.141. The number of amides is 2. The predicted octanol–water partition coefficient (Wildman–Crippen LogP) is 3.73. The third kappa shape index (κ3) is 8.11. The number of nitrogens with one attached hydrogen (secondary N) is 1. The maximum atomic E-state index is 13.5. The quantitative estimate of drug-likeness (QED) is 0.436. The Morgan fingerprint density at radius 2 is 1.71 bits per heavy atom. The van der Waals surface area contributed by atoms with Gasteiger partial charge >= 0.3 is 0 Å². The van der Waals surface area contributed by atoms with E-state index in [-0.39, 0.29) is 31.6 Å². The molecule has 1 heterocycles. The molecule has 0 saturated carbocycles. The van der Waals surface area contributed by atoms with Crippen LogP contribution in [0.4, 0.5) is 5.69 Å². The van der Waals surface area contributed by atoms with Crippen LogP contribution in [0, 0.1) is 0 Å². The Balaban J connectivity index is 1.73. The van der Waals surface area contributed by atoms with Crippen molar-refractivity contribution in [3.63, 3.8) is 0 Å². The van der Waals surface area contributed by atoms with Crippen LogP contribution in [-0.4, -0.2) is 62.9 Å². The summed E-state index contributed by atoms with van der Waals surface area (Å²) < 4.78 is 37.1. The molecule has 0 spiro atoms. The lowest BCUT2D eigenvalue weighted by Crippen LogP contribution is -2.54. The zero-order chi connectivity index (χ0) is 27.9. The first-order chi connectivity index (χ1) is 17.9. The molecule has 1 N–H and O–H groups in total. The number of anilines is 1. The van der Waals surface area contributed by atoms with Crippen LogP contribution in [0.25, 0.3) is 0 Å². The minimum atomic E-state index is -3.61. The van der Waals surface area contributed by atoms with Crippen LogP contribution in [0.1, 0.15) is 52.5 Å². The predicted molar refractivity (Wildman–Crippen MR) is 148 cm³/mol. The number of fused-ring (bicyclic) bond motifs is 1. The first kappa shape index (κ1) is 29.3. The van der Waals surface area contributed by atoms with Gasteiger partial charge in [0.2, 0.25) is 28.6 Å². The molecule has 10 heteroatoms. The molecule has 0 aromatic heterocycles. The molecule has 1 aliphatic heterocycles. The number of carbonyl (C=O) groups excluding carboxylic acids is 2. The maximum absolute atomic E-state index is 13.5. The van der Waals surface area contributed by atoms with Crippen LogP contribution in [0.5, 0.6) is 11.5 Å². The number of benzene rings is 2. The van der Waals surface area contributed by atoms with E-state index in [1.807, 2.05) is 58.0 Å². The van der Waals surface area contributed by atoms with E-state index in [9.17, 15) is 18.0 Å². The number of hydrogen-bond donors (Lipinski definition) is 1. The summed E-state index contributed by atoms with van der Waals surface area (Å²) in [6.45, 7) is 8.20. The molecule has 3 rings (SSSR count). The van der Waals surface area contributed by atoms with Gasteiger partial charge in [-0.05, 0) is 57.7 Å². The van der Waals surface area contributed by atoms with Crippen molar-refractivity contribution >= 4 is 27.5 Å². The third-order valence-corrected chi connectivity index (χ3v) is 7.36. The lowest BCUT2D eigenvalue weighted by Gasteiger charge is -2.33. The summed E-state index contributed by atoms with van der Waals surface area (Å²) in [5.41, 5.74) is 1.09. The zero-order valence-electron chi connectivity index (χ0n) is 22.9. The highest BCUT2D eigenvalue weighted by atomic mass is 32.2. The van der Waals surface area contributed by atoms with Gasteiger partial charge in [0, 0.05) is 31.1 Å². The van der Waals surface area contributed by atoms with Gasteiger partial charge in [-0.25, -0.2) is 8.42 Å². The summed E-state index contributed by atoms with van der Waals surface area (Å²) in [6.07, 6.45) is 2.60. The topological polar surface area (TPSA) is 105 Å². The van der Waals surface area contributed by atoms with Gasteiger partial charge in [-0.15, -0.1) is 0 Å². The van der Waals surface area contributed by atoms with E-state index in [4.69, 9.17) is 9.47 Å². The van der Waals surface area contributed by atoms with E-state index in [2.05, 4.69) is 5.32 Å². The van der Waals surface area contributed by atoms with Gasteiger partial charge in [-0.2, -0.15) is 0 Å². The van der Waals surface area contributed by atoms with E-state index in [1.54, 1.807) is 23.1 Å². The van der Waals surface area contributed by atoms with E-state index in [0.717, 1.165) is 11.8 Å². The van der Waals surface area contributed by atoms with Gasteiger partial charge in [0.05, 0.1) is 11.9 Å². The van der Waals surface area contributed by atoms with Gasteiger partial charge in [0.25, 0.3) is 0 Å². The van der Waals surface area contributed by atoms with Crippen LogP contribution in [0.2, 0.25) is 0 Å². The van der Waals surface area contributed by atoms with Crippen molar-refractivity contribution in [2.75, 3.05) is 30.4 Å². The van der Waals surface area contributed by atoms with E-state index in [0.29, 0.717) is 43.0 Å². The molecule has 0 radical (unpaired) electrons. The molecule has 1 atom stereocenters. The van der Waals surface area contributed by atoms with Crippen molar-refractivity contribution < 1.29 is 27.5 Å². The number of hydrogen-bond acceptors (Lipinski definition) is 6. The fraction of sp³-hybridized carbons (Fsp3) is 0.500. The number of rotatable bonds is 12. The van der Waals surface area contributed by atoms with Gasteiger partial charge < -0.3 is 19.7 Å². The SMILES string of the molecule is CC[C@H](C(=O)NC(C)(C)C)N(CCc1ccccc1)C(=O)CCCN(c1ccc2c(c1)OCO2)S(C)(=O)=O. The Morgan fingerprint density at radius 3 is 2.34 bits per heavy atom. The third-order valence-electron chi connectivity index (χ3n) is 6.16. The largest absolute Gasteiger partial charge is 0.454 e. The maximum Gasteiger partial charge on any atom is 0.243 e. The smallest absolute Gasteiger partial charge is 0.243 e. The van der Waals surface area contributed by atoms with Crippen LogP contribution < -0.4 is 19.1 Å². The van der Waals surface area contributed by atoms with Crippen molar-refractivity contribution in [3.8, 4) is 11.5 Å². The second-order valence-corrected chi connectivity index (χ2v) is 12.4. The summed E-state index contributed by atoms with van der Waals surface area (Å²) in [6, 6.07) is 14.2. The van der Waals surface area contributed by atoms with Crippen LogP contribution in [-0.2, 0) is 26.0 Å². The Morgan fingerprint density at radius 1 is 1.03 bits per heavy atom. The van der Waals surface area contributed by atoms with Crippen molar-refractivity contribution in [1.29, 1.82) is 0 Å². The highest BCUT2D eigenvalue weighted by Gasteiger charge is 2.30. The Hall–Kier alpha value is -3.27. The molecular formula is C28H39N3O6S. The molecule has 208 valence electrons. The van der Waals surface area contributed by atoms with E-state index >= 15 is 0 Å². The fourth-order valence-electron chi connectivity index (χ4n) is 4.39.